The first-order valence-corrected chi connectivity index (χ1v) is 7.70. The molecule has 21 heavy (non-hydrogen) atoms. The highest BCUT2D eigenvalue weighted by Gasteiger charge is 2.46. The van der Waals surface area contributed by atoms with Crippen molar-refractivity contribution in [2.75, 3.05) is 13.1 Å². The average molecular weight is 288 g/mol. The molecule has 0 saturated carbocycles. The summed E-state index contributed by atoms with van der Waals surface area (Å²) in [5.41, 5.74) is 0.927. The van der Waals surface area contributed by atoms with E-state index in [9.17, 15) is 4.79 Å². The number of carbonyl (C=O) groups excluding carboxylic acids is 1. The summed E-state index contributed by atoms with van der Waals surface area (Å²) < 4.78 is 5.50. The minimum atomic E-state index is -0.414. The van der Waals surface area contributed by atoms with Crippen molar-refractivity contribution in [1.82, 2.24) is 9.80 Å². The quantitative estimate of drug-likeness (QED) is 0.839. The van der Waals surface area contributed by atoms with Crippen molar-refractivity contribution in [3.63, 3.8) is 0 Å². The van der Waals surface area contributed by atoms with Crippen LogP contribution in [0.5, 0.6) is 0 Å². The summed E-state index contributed by atoms with van der Waals surface area (Å²) in [6.45, 7) is 8.48. The zero-order valence-corrected chi connectivity index (χ0v) is 13.1. The number of rotatable bonds is 2. The number of benzene rings is 1. The first-order valence-electron chi connectivity index (χ1n) is 7.70. The summed E-state index contributed by atoms with van der Waals surface area (Å²) >= 11 is 0. The van der Waals surface area contributed by atoms with Crippen LogP contribution < -0.4 is 0 Å². The minimum Gasteiger partial charge on any atom is -0.444 e. The Kier molecular flexibility index (Phi) is 3.66. The number of piperazine rings is 1. The molecule has 2 aliphatic rings. The zero-order valence-electron chi connectivity index (χ0n) is 13.1. The Bertz CT molecular complexity index is 509. The van der Waals surface area contributed by atoms with Crippen LogP contribution in [0.3, 0.4) is 0 Å². The van der Waals surface area contributed by atoms with Gasteiger partial charge in [0.2, 0.25) is 0 Å². The maximum absolute atomic E-state index is 12.2. The van der Waals surface area contributed by atoms with Gasteiger partial charge in [-0.1, -0.05) is 30.3 Å². The number of ether oxygens (including phenoxy) is 1. The largest absolute Gasteiger partial charge is 0.444 e. The average Bonchev–Trinajstić information content (AvgIpc) is 2.97. The molecule has 1 amide bonds. The van der Waals surface area contributed by atoms with Gasteiger partial charge in [-0.05, 0) is 32.8 Å². The molecule has 2 bridgehead atoms. The lowest BCUT2D eigenvalue weighted by Crippen LogP contribution is -2.49. The lowest BCUT2D eigenvalue weighted by atomic mass is 10.2. The monoisotopic (exact) mass is 288 g/mol. The van der Waals surface area contributed by atoms with Crippen LogP contribution in [0.1, 0.15) is 32.8 Å². The topological polar surface area (TPSA) is 32.8 Å². The van der Waals surface area contributed by atoms with Gasteiger partial charge in [0.1, 0.15) is 5.60 Å². The Hall–Kier alpha value is -1.55. The third-order valence-corrected chi connectivity index (χ3v) is 4.21. The van der Waals surface area contributed by atoms with Crippen LogP contribution in [-0.2, 0) is 11.3 Å². The molecule has 0 aromatic heterocycles. The van der Waals surface area contributed by atoms with Crippen LogP contribution in [0, 0.1) is 0 Å². The number of fused-ring (bicyclic) bond motifs is 2. The van der Waals surface area contributed by atoms with E-state index in [-0.39, 0.29) is 6.09 Å². The maximum atomic E-state index is 12.2. The fourth-order valence-corrected chi connectivity index (χ4v) is 3.31. The fourth-order valence-electron chi connectivity index (χ4n) is 3.31. The van der Waals surface area contributed by atoms with Crippen LogP contribution in [0.25, 0.3) is 0 Å². The lowest BCUT2D eigenvalue weighted by molar-refractivity contribution is 0.0124. The molecule has 114 valence electrons. The van der Waals surface area contributed by atoms with Crippen molar-refractivity contribution in [2.45, 2.75) is 51.4 Å². The van der Waals surface area contributed by atoms with Crippen molar-refractivity contribution in [3.8, 4) is 0 Å². The van der Waals surface area contributed by atoms with Gasteiger partial charge in [-0.25, -0.2) is 4.79 Å². The Morgan fingerprint density at radius 1 is 1.19 bits per heavy atom. The molecular formula is C17H24N2O2. The molecule has 0 aliphatic carbocycles. The second-order valence-electron chi connectivity index (χ2n) is 7.09. The molecule has 4 heteroatoms. The van der Waals surface area contributed by atoms with Gasteiger partial charge in [0.15, 0.2) is 0 Å². The molecule has 1 aromatic rings. The minimum absolute atomic E-state index is 0.158. The molecule has 2 fully saturated rings. The van der Waals surface area contributed by atoms with Gasteiger partial charge in [0.25, 0.3) is 0 Å². The Morgan fingerprint density at radius 3 is 2.48 bits per heavy atom. The zero-order chi connectivity index (χ0) is 15.0. The van der Waals surface area contributed by atoms with Crippen LogP contribution in [0.15, 0.2) is 30.3 Å². The maximum Gasteiger partial charge on any atom is 0.410 e. The van der Waals surface area contributed by atoms with E-state index in [4.69, 9.17) is 4.74 Å². The van der Waals surface area contributed by atoms with Crippen LogP contribution in [-0.4, -0.2) is 46.7 Å². The number of carbonyl (C=O) groups is 1. The second kappa shape index (κ2) is 5.34. The summed E-state index contributed by atoms with van der Waals surface area (Å²) in [5.74, 6) is 0. The summed E-state index contributed by atoms with van der Waals surface area (Å²) in [7, 11) is 0. The van der Waals surface area contributed by atoms with Gasteiger partial charge >= 0.3 is 6.09 Å². The predicted octanol–water partition coefficient (Wildman–Crippen LogP) is 2.88. The standard InChI is InChI=1S/C17H24N2O2/c1-17(2,3)21-16(20)19-12-14-9-15(19)11-18(14)10-13-7-5-4-6-8-13/h4-8,14-15H,9-12H2,1-3H3/t14-,15-/m1/s1. The number of likely N-dealkylation sites (tertiary alicyclic amines) is 2. The van der Waals surface area contributed by atoms with Gasteiger partial charge in [0.05, 0.1) is 0 Å². The van der Waals surface area contributed by atoms with Crippen LogP contribution >= 0.6 is 0 Å². The van der Waals surface area contributed by atoms with Crippen molar-refractivity contribution in [2.24, 2.45) is 0 Å². The van der Waals surface area contributed by atoms with Gasteiger partial charge in [-0.3, -0.25) is 4.90 Å². The molecule has 0 N–H and O–H groups in total. The molecule has 0 radical (unpaired) electrons. The van der Waals surface area contributed by atoms with E-state index in [2.05, 4.69) is 29.2 Å². The summed E-state index contributed by atoms with van der Waals surface area (Å²) in [4.78, 5) is 16.6. The lowest BCUT2D eigenvalue weighted by Gasteiger charge is -2.35. The highest BCUT2D eigenvalue weighted by atomic mass is 16.6. The smallest absolute Gasteiger partial charge is 0.410 e. The van der Waals surface area contributed by atoms with E-state index in [1.165, 1.54) is 5.56 Å². The molecule has 0 unspecified atom stereocenters. The van der Waals surface area contributed by atoms with Crippen LogP contribution in [0.4, 0.5) is 4.79 Å². The first kappa shape index (κ1) is 14.4. The Labute approximate surface area is 126 Å². The molecule has 3 rings (SSSR count). The van der Waals surface area contributed by atoms with Crippen molar-refractivity contribution in [3.05, 3.63) is 35.9 Å². The molecule has 4 nitrogen and oxygen atoms in total. The van der Waals surface area contributed by atoms with E-state index in [0.29, 0.717) is 12.1 Å². The highest BCUT2D eigenvalue weighted by molar-refractivity contribution is 5.69. The van der Waals surface area contributed by atoms with Crippen molar-refractivity contribution < 1.29 is 9.53 Å². The van der Waals surface area contributed by atoms with Gasteiger partial charge in [-0.2, -0.15) is 0 Å². The van der Waals surface area contributed by atoms with Crippen LogP contribution in [0.2, 0.25) is 0 Å². The molecule has 2 saturated heterocycles. The molecule has 2 atom stereocenters. The third-order valence-electron chi connectivity index (χ3n) is 4.21. The summed E-state index contributed by atoms with van der Waals surface area (Å²) in [6, 6.07) is 11.3. The van der Waals surface area contributed by atoms with E-state index >= 15 is 0 Å². The molecular weight excluding hydrogens is 264 g/mol. The van der Waals surface area contributed by atoms with Crippen molar-refractivity contribution >= 4 is 6.09 Å². The predicted molar refractivity (Wildman–Crippen MR) is 82.0 cm³/mol. The molecule has 2 heterocycles. The van der Waals surface area contributed by atoms with E-state index in [1.54, 1.807) is 0 Å². The van der Waals surface area contributed by atoms with E-state index < -0.39 is 5.60 Å². The molecule has 1 aromatic carbocycles. The number of hydrogen-bond acceptors (Lipinski definition) is 3. The van der Waals surface area contributed by atoms with E-state index in [1.807, 2.05) is 31.7 Å². The van der Waals surface area contributed by atoms with Gasteiger partial charge in [0, 0.05) is 31.7 Å². The second-order valence-corrected chi connectivity index (χ2v) is 7.09. The van der Waals surface area contributed by atoms with Gasteiger partial charge < -0.3 is 9.64 Å². The Balaban J connectivity index is 1.58. The van der Waals surface area contributed by atoms with Crippen molar-refractivity contribution in [1.29, 1.82) is 0 Å². The van der Waals surface area contributed by atoms with Gasteiger partial charge in [-0.15, -0.1) is 0 Å². The summed E-state index contributed by atoms with van der Waals surface area (Å²) in [6.07, 6.45) is 0.917. The number of amides is 1. The molecule has 0 spiro atoms. The fraction of sp³-hybridized carbons (Fsp3) is 0.588. The van der Waals surface area contributed by atoms with E-state index in [0.717, 1.165) is 26.1 Å². The number of hydrogen-bond donors (Lipinski definition) is 0. The summed E-state index contributed by atoms with van der Waals surface area (Å²) in [5, 5.41) is 0. The SMILES string of the molecule is CC(C)(C)OC(=O)N1C[C@H]2C[C@@H]1CN2Cc1ccccc1. The first-order chi connectivity index (χ1) is 9.92. The number of nitrogens with zero attached hydrogens (tertiary/aromatic N) is 2. The normalized spacial score (nSPS) is 25.4. The third kappa shape index (κ3) is 3.21. The highest BCUT2D eigenvalue weighted by Crippen LogP contribution is 2.32. The molecule has 2 aliphatic heterocycles. The Morgan fingerprint density at radius 2 is 1.90 bits per heavy atom.